The Hall–Kier alpha value is -3.03. The van der Waals surface area contributed by atoms with Crippen molar-refractivity contribution in [3.8, 4) is 5.75 Å². The molecule has 0 aliphatic heterocycles. The quantitative estimate of drug-likeness (QED) is 0.373. The van der Waals surface area contributed by atoms with Gasteiger partial charge in [0.2, 0.25) is 5.95 Å². The molecule has 0 saturated carbocycles. The van der Waals surface area contributed by atoms with Crippen LogP contribution < -0.4 is 9.64 Å². The molecule has 1 heterocycles. The van der Waals surface area contributed by atoms with Gasteiger partial charge in [-0.25, -0.2) is 9.83 Å². The van der Waals surface area contributed by atoms with E-state index in [1.165, 1.54) is 6.07 Å². The summed E-state index contributed by atoms with van der Waals surface area (Å²) >= 11 is 0. The zero-order valence-corrected chi connectivity index (χ0v) is 14.0. The summed E-state index contributed by atoms with van der Waals surface area (Å²) in [7, 11) is 0. The van der Waals surface area contributed by atoms with E-state index in [-0.39, 0.29) is 18.0 Å². The molecule has 0 atom stereocenters. The number of rotatable bonds is 6. The highest BCUT2D eigenvalue weighted by Gasteiger charge is 2.35. The third kappa shape index (κ3) is 6.00. The number of alkyl halides is 6. The van der Waals surface area contributed by atoms with Crippen molar-refractivity contribution < 1.29 is 35.5 Å². The third-order valence-corrected chi connectivity index (χ3v) is 3.47. The highest BCUT2D eigenvalue weighted by atomic mass is 19.4. The van der Waals surface area contributed by atoms with Crippen LogP contribution in [0.1, 0.15) is 5.56 Å². The van der Waals surface area contributed by atoms with Gasteiger partial charge in [-0.1, -0.05) is 6.07 Å². The molecule has 0 saturated heterocycles. The topological polar surface area (TPSA) is 29.7 Å². The molecule has 0 aliphatic rings. The largest absolute Gasteiger partial charge is 0.490 e. The van der Waals surface area contributed by atoms with Crippen LogP contribution in [0.2, 0.25) is 0 Å². The number of halogens is 7. The summed E-state index contributed by atoms with van der Waals surface area (Å²) in [6, 6.07) is 4.52. The Morgan fingerprint density at radius 3 is 2.32 bits per heavy atom. The van der Waals surface area contributed by atoms with Crippen molar-refractivity contribution in [2.75, 3.05) is 24.6 Å². The van der Waals surface area contributed by atoms with Crippen molar-refractivity contribution in [1.29, 1.82) is 0 Å². The minimum absolute atomic E-state index is 0.0905. The van der Waals surface area contributed by atoms with E-state index < -0.39 is 42.6 Å². The van der Waals surface area contributed by atoms with E-state index in [2.05, 4.69) is 9.83 Å². The monoisotopic (exact) mass is 407 g/mol. The lowest BCUT2D eigenvalue weighted by Gasteiger charge is -2.27. The number of hydrogen-bond donors (Lipinski definition) is 0. The number of nitrogens with zero attached hydrogens (tertiary/aromatic N) is 3. The summed E-state index contributed by atoms with van der Waals surface area (Å²) in [5.74, 6) is -0.682. The second-order valence-corrected chi connectivity index (χ2v) is 5.51. The lowest BCUT2D eigenvalue weighted by Crippen LogP contribution is -2.37. The first-order valence-corrected chi connectivity index (χ1v) is 7.64. The number of pyridine rings is 1. The van der Waals surface area contributed by atoms with E-state index >= 15 is 0 Å². The van der Waals surface area contributed by atoms with Gasteiger partial charge >= 0.3 is 12.4 Å². The molecule has 28 heavy (non-hydrogen) atoms. The summed E-state index contributed by atoms with van der Waals surface area (Å²) in [6.45, 7) is 4.53. The minimum atomic E-state index is -4.89. The minimum Gasteiger partial charge on any atom is -0.490 e. The second-order valence-electron chi connectivity index (χ2n) is 5.51. The molecule has 4 nitrogen and oxygen atoms in total. The molecular formula is C17H12F7N3O. The van der Waals surface area contributed by atoms with Gasteiger partial charge in [0.25, 0.3) is 0 Å². The van der Waals surface area contributed by atoms with Crippen molar-refractivity contribution in [2.45, 2.75) is 12.4 Å². The Labute approximate surface area is 155 Å². The van der Waals surface area contributed by atoms with Gasteiger partial charge in [-0.05, 0) is 24.3 Å². The molecule has 0 radical (unpaired) electrons. The van der Waals surface area contributed by atoms with Gasteiger partial charge in [-0.15, -0.1) is 0 Å². The second kappa shape index (κ2) is 8.33. The lowest BCUT2D eigenvalue weighted by atomic mass is 10.1. The van der Waals surface area contributed by atoms with Crippen molar-refractivity contribution in [1.82, 2.24) is 4.98 Å². The predicted molar refractivity (Wildman–Crippen MR) is 85.7 cm³/mol. The third-order valence-electron chi connectivity index (χ3n) is 3.47. The van der Waals surface area contributed by atoms with Crippen LogP contribution >= 0.6 is 0 Å². The van der Waals surface area contributed by atoms with Gasteiger partial charge in [0.1, 0.15) is 18.9 Å². The average Bonchev–Trinajstić information content (AvgIpc) is 2.60. The fourth-order valence-electron chi connectivity index (χ4n) is 2.28. The first-order valence-electron chi connectivity index (χ1n) is 7.64. The van der Waals surface area contributed by atoms with Gasteiger partial charge in [0, 0.05) is 5.69 Å². The SMILES string of the molecule is [C-]#[N+]c1ccc(N(CCOc2ccc(F)nc2)CC(F)(F)F)cc1C(F)(F)F. The number of ether oxygens (including phenoxy) is 1. The Morgan fingerprint density at radius 1 is 1.07 bits per heavy atom. The van der Waals surface area contributed by atoms with Gasteiger partial charge in [-0.2, -0.15) is 30.7 Å². The van der Waals surface area contributed by atoms with Crippen LogP contribution in [0.5, 0.6) is 5.75 Å². The predicted octanol–water partition coefficient (Wildman–Crippen LogP) is 5.24. The highest BCUT2D eigenvalue weighted by Crippen LogP contribution is 2.39. The van der Waals surface area contributed by atoms with Gasteiger partial charge in [0.05, 0.1) is 24.9 Å². The van der Waals surface area contributed by atoms with Crippen LogP contribution in [0.3, 0.4) is 0 Å². The standard InChI is InChI=1S/C17H12F7N3O/c1-25-14-4-2-11(8-13(14)17(22,23)24)27(10-16(19,20)21)6-7-28-12-3-5-15(18)26-9-12/h2-5,8-9H,6-7,10H2. The van der Waals surface area contributed by atoms with Gasteiger partial charge < -0.3 is 9.64 Å². The zero-order chi connectivity index (χ0) is 20.9. The number of hydrogen-bond acceptors (Lipinski definition) is 3. The molecule has 0 N–H and O–H groups in total. The van der Waals surface area contributed by atoms with Crippen molar-refractivity contribution in [3.05, 3.63) is 59.5 Å². The molecular weight excluding hydrogens is 395 g/mol. The lowest BCUT2D eigenvalue weighted by molar-refractivity contribution is -0.136. The Bertz CT molecular complexity index is 842. The maximum absolute atomic E-state index is 13.1. The average molecular weight is 407 g/mol. The molecule has 2 rings (SSSR count). The van der Waals surface area contributed by atoms with Crippen molar-refractivity contribution >= 4 is 11.4 Å². The molecule has 0 fully saturated rings. The van der Waals surface area contributed by atoms with Crippen LogP contribution in [0.15, 0.2) is 36.5 Å². The first kappa shape index (κ1) is 21.3. The normalized spacial score (nSPS) is 11.8. The van der Waals surface area contributed by atoms with E-state index in [0.29, 0.717) is 11.0 Å². The molecule has 0 amide bonds. The molecule has 11 heteroatoms. The van der Waals surface area contributed by atoms with E-state index in [1.54, 1.807) is 0 Å². The molecule has 150 valence electrons. The van der Waals surface area contributed by atoms with Crippen LogP contribution in [-0.4, -0.2) is 30.9 Å². The van der Waals surface area contributed by atoms with Crippen molar-refractivity contribution in [2.24, 2.45) is 0 Å². The summed E-state index contributed by atoms with van der Waals surface area (Å²) < 4.78 is 95.7. The van der Waals surface area contributed by atoms with E-state index in [0.717, 1.165) is 24.4 Å². The van der Waals surface area contributed by atoms with E-state index in [4.69, 9.17) is 11.3 Å². The number of benzene rings is 1. The van der Waals surface area contributed by atoms with Gasteiger partial charge in [-0.3, -0.25) is 0 Å². The number of aromatic nitrogens is 1. The van der Waals surface area contributed by atoms with E-state index in [9.17, 15) is 30.7 Å². The van der Waals surface area contributed by atoms with E-state index in [1.807, 2.05) is 0 Å². The number of anilines is 1. The van der Waals surface area contributed by atoms with Crippen LogP contribution in [0.25, 0.3) is 4.85 Å². The Kier molecular flexibility index (Phi) is 6.33. The molecule has 0 spiro atoms. The van der Waals surface area contributed by atoms with Crippen molar-refractivity contribution in [3.63, 3.8) is 0 Å². The van der Waals surface area contributed by atoms with Gasteiger partial charge in [0.15, 0.2) is 5.69 Å². The summed E-state index contributed by atoms with van der Waals surface area (Å²) in [5.41, 5.74) is -2.40. The molecule has 0 aliphatic carbocycles. The van der Waals surface area contributed by atoms with Crippen LogP contribution in [-0.2, 0) is 6.18 Å². The summed E-state index contributed by atoms with van der Waals surface area (Å²) in [6.07, 6.45) is -8.56. The Morgan fingerprint density at radius 2 is 1.79 bits per heavy atom. The summed E-state index contributed by atoms with van der Waals surface area (Å²) in [5, 5.41) is 0. The smallest absolute Gasteiger partial charge is 0.407 e. The molecule has 0 unspecified atom stereocenters. The van der Waals surface area contributed by atoms with Crippen LogP contribution in [0.4, 0.5) is 42.1 Å². The van der Waals surface area contributed by atoms with Crippen LogP contribution in [0, 0.1) is 12.5 Å². The molecule has 1 aromatic carbocycles. The fourth-order valence-corrected chi connectivity index (χ4v) is 2.28. The molecule has 0 bridgehead atoms. The maximum atomic E-state index is 13.1. The maximum Gasteiger partial charge on any atom is 0.407 e. The molecule has 1 aromatic heterocycles. The first-order chi connectivity index (χ1) is 13.0. The summed E-state index contributed by atoms with van der Waals surface area (Å²) in [4.78, 5) is 6.71. The Balaban J connectivity index is 2.23. The zero-order valence-electron chi connectivity index (χ0n) is 14.0. The molecule has 2 aromatic rings. The highest BCUT2D eigenvalue weighted by molar-refractivity contribution is 5.62. The fraction of sp³-hybridized carbons (Fsp3) is 0.294.